The Hall–Kier alpha value is -2.10. The van der Waals surface area contributed by atoms with Gasteiger partial charge < -0.3 is 10.5 Å². The van der Waals surface area contributed by atoms with Gasteiger partial charge in [-0.2, -0.15) is 0 Å². The first-order chi connectivity index (χ1) is 8.63. The average molecular weight is 244 g/mol. The first kappa shape index (κ1) is 12.4. The molecule has 0 saturated heterocycles. The van der Waals surface area contributed by atoms with Crippen molar-refractivity contribution in [3.8, 4) is 0 Å². The van der Waals surface area contributed by atoms with Crippen molar-refractivity contribution in [2.24, 2.45) is 0 Å². The van der Waals surface area contributed by atoms with Gasteiger partial charge in [-0.15, -0.1) is 0 Å². The highest BCUT2D eigenvalue weighted by molar-refractivity contribution is 6.04. The van der Waals surface area contributed by atoms with Gasteiger partial charge >= 0.3 is 5.97 Å². The summed E-state index contributed by atoms with van der Waals surface area (Å²) in [6.07, 6.45) is 0.788. The Balaban J connectivity index is 2.47. The summed E-state index contributed by atoms with van der Waals surface area (Å²) in [4.78, 5) is 16.2. The van der Waals surface area contributed by atoms with Gasteiger partial charge in [0.2, 0.25) is 0 Å². The van der Waals surface area contributed by atoms with Gasteiger partial charge in [-0.05, 0) is 25.5 Å². The van der Waals surface area contributed by atoms with E-state index < -0.39 is 0 Å². The molecule has 2 rings (SSSR count). The number of anilines is 1. The van der Waals surface area contributed by atoms with Crippen LogP contribution in [0.3, 0.4) is 0 Å². The number of esters is 1. The average Bonchev–Trinajstić information content (AvgIpc) is 2.37. The summed E-state index contributed by atoms with van der Waals surface area (Å²) in [7, 11) is 0. The number of carbonyl (C=O) groups excluding carboxylic acids is 1. The van der Waals surface area contributed by atoms with Crippen LogP contribution in [-0.2, 0) is 4.74 Å². The van der Waals surface area contributed by atoms with Crippen molar-refractivity contribution in [1.82, 2.24) is 4.98 Å². The normalized spacial score (nSPS) is 10.6. The molecule has 1 aromatic carbocycles. The molecule has 18 heavy (non-hydrogen) atoms. The largest absolute Gasteiger partial charge is 0.462 e. The van der Waals surface area contributed by atoms with Gasteiger partial charge in [-0.3, -0.25) is 4.98 Å². The summed E-state index contributed by atoms with van der Waals surface area (Å²) in [6, 6.07) is 7.37. The monoisotopic (exact) mass is 244 g/mol. The Morgan fingerprint density at radius 1 is 1.33 bits per heavy atom. The van der Waals surface area contributed by atoms with Crippen molar-refractivity contribution < 1.29 is 9.53 Å². The molecule has 94 valence electrons. The van der Waals surface area contributed by atoms with Gasteiger partial charge in [0.15, 0.2) is 0 Å². The van der Waals surface area contributed by atoms with Crippen LogP contribution in [0.2, 0.25) is 0 Å². The smallest absolute Gasteiger partial charge is 0.340 e. The Morgan fingerprint density at radius 3 is 2.78 bits per heavy atom. The summed E-state index contributed by atoms with van der Waals surface area (Å²) in [5, 5.41) is 0.921. The zero-order valence-electron chi connectivity index (χ0n) is 10.6. The van der Waals surface area contributed by atoms with Crippen molar-refractivity contribution in [2.75, 3.05) is 12.3 Å². The minimum Gasteiger partial charge on any atom is -0.462 e. The van der Waals surface area contributed by atoms with Crippen molar-refractivity contribution in [1.29, 1.82) is 0 Å². The topological polar surface area (TPSA) is 65.2 Å². The van der Waals surface area contributed by atoms with Gasteiger partial charge in [0.05, 0.1) is 23.4 Å². The van der Waals surface area contributed by atoms with E-state index in [1.165, 1.54) is 0 Å². The molecule has 0 aliphatic carbocycles. The summed E-state index contributed by atoms with van der Waals surface area (Å²) in [5.41, 5.74) is 8.29. The number of rotatable bonds is 3. The van der Waals surface area contributed by atoms with E-state index in [9.17, 15) is 4.79 Å². The lowest BCUT2D eigenvalue weighted by molar-refractivity contribution is 0.0506. The molecule has 1 heterocycles. The maximum atomic E-state index is 11.8. The molecule has 0 amide bonds. The second kappa shape index (κ2) is 5.04. The van der Waals surface area contributed by atoms with E-state index in [4.69, 9.17) is 10.5 Å². The Bertz CT molecular complexity index is 594. The van der Waals surface area contributed by atoms with Crippen LogP contribution in [0.15, 0.2) is 24.3 Å². The number of hydrogen-bond donors (Lipinski definition) is 1. The minimum absolute atomic E-state index is 0.383. The first-order valence-electron chi connectivity index (χ1n) is 5.96. The first-order valence-corrected chi connectivity index (χ1v) is 5.96. The van der Waals surface area contributed by atoms with Crippen molar-refractivity contribution >= 4 is 22.6 Å². The van der Waals surface area contributed by atoms with E-state index in [1.807, 2.05) is 32.0 Å². The number of fused-ring (bicyclic) bond motifs is 1. The van der Waals surface area contributed by atoms with E-state index in [0.29, 0.717) is 23.4 Å². The number of aryl methyl sites for hydroxylation is 1. The molecule has 2 N–H and O–H groups in total. The van der Waals surface area contributed by atoms with Gasteiger partial charge in [0.25, 0.3) is 0 Å². The molecule has 0 aliphatic rings. The van der Waals surface area contributed by atoms with Gasteiger partial charge in [-0.1, -0.05) is 19.1 Å². The lowest BCUT2D eigenvalue weighted by Crippen LogP contribution is -2.09. The molecule has 1 aromatic heterocycles. The Labute approximate surface area is 106 Å². The van der Waals surface area contributed by atoms with E-state index in [1.54, 1.807) is 6.07 Å². The molecule has 0 saturated carbocycles. The third-order valence-corrected chi connectivity index (χ3v) is 2.70. The summed E-state index contributed by atoms with van der Waals surface area (Å²) >= 11 is 0. The van der Waals surface area contributed by atoms with Gasteiger partial charge in [-0.25, -0.2) is 4.79 Å². The van der Waals surface area contributed by atoms with Crippen LogP contribution < -0.4 is 5.73 Å². The number of nitrogens with zero attached hydrogens (tertiary/aromatic N) is 1. The van der Waals surface area contributed by atoms with Crippen LogP contribution in [-0.4, -0.2) is 17.6 Å². The van der Waals surface area contributed by atoms with Crippen LogP contribution in [0.5, 0.6) is 0 Å². The Morgan fingerprint density at radius 2 is 2.06 bits per heavy atom. The van der Waals surface area contributed by atoms with Gasteiger partial charge in [0, 0.05) is 11.1 Å². The third kappa shape index (κ3) is 2.27. The number of benzene rings is 1. The van der Waals surface area contributed by atoms with Crippen molar-refractivity contribution in [3.05, 3.63) is 35.5 Å². The molecule has 0 fully saturated rings. The molecule has 0 radical (unpaired) electrons. The predicted octanol–water partition coefficient (Wildman–Crippen LogP) is 2.69. The number of carbonyl (C=O) groups is 1. The van der Waals surface area contributed by atoms with Crippen molar-refractivity contribution in [3.63, 3.8) is 0 Å². The van der Waals surface area contributed by atoms with E-state index in [-0.39, 0.29) is 5.97 Å². The van der Waals surface area contributed by atoms with Crippen LogP contribution in [0.1, 0.15) is 29.4 Å². The standard InChI is InChI=1S/C14H16N2O2/c1-3-8-18-14(17)11-7-6-10-5-4-9(2)16-13(10)12(11)15/h4-7H,3,8,15H2,1-2H3. The molecule has 0 bridgehead atoms. The highest BCUT2D eigenvalue weighted by atomic mass is 16.5. The molecule has 2 aromatic rings. The van der Waals surface area contributed by atoms with Gasteiger partial charge in [0.1, 0.15) is 0 Å². The maximum Gasteiger partial charge on any atom is 0.340 e. The lowest BCUT2D eigenvalue weighted by atomic mass is 10.1. The highest BCUT2D eigenvalue weighted by Crippen LogP contribution is 2.24. The molecular formula is C14H16N2O2. The minimum atomic E-state index is -0.389. The second-order valence-corrected chi connectivity index (χ2v) is 4.19. The SMILES string of the molecule is CCCOC(=O)c1ccc2ccc(C)nc2c1N. The van der Waals surface area contributed by atoms with E-state index in [0.717, 1.165) is 17.5 Å². The lowest BCUT2D eigenvalue weighted by Gasteiger charge is -2.08. The number of pyridine rings is 1. The van der Waals surface area contributed by atoms with Crippen LogP contribution in [0.4, 0.5) is 5.69 Å². The zero-order valence-corrected chi connectivity index (χ0v) is 10.6. The molecular weight excluding hydrogens is 228 g/mol. The highest BCUT2D eigenvalue weighted by Gasteiger charge is 2.14. The second-order valence-electron chi connectivity index (χ2n) is 4.19. The van der Waals surface area contributed by atoms with E-state index >= 15 is 0 Å². The fourth-order valence-electron chi connectivity index (χ4n) is 1.76. The maximum absolute atomic E-state index is 11.8. The molecule has 4 heteroatoms. The number of nitrogen functional groups attached to an aromatic ring is 1. The van der Waals surface area contributed by atoms with Crippen LogP contribution in [0.25, 0.3) is 10.9 Å². The number of nitrogens with two attached hydrogens (primary N) is 1. The quantitative estimate of drug-likeness (QED) is 0.666. The predicted molar refractivity (Wildman–Crippen MR) is 71.5 cm³/mol. The molecule has 0 unspecified atom stereocenters. The molecule has 4 nitrogen and oxygen atoms in total. The Kier molecular flexibility index (Phi) is 3.46. The third-order valence-electron chi connectivity index (χ3n) is 2.70. The summed E-state index contributed by atoms with van der Waals surface area (Å²) in [6.45, 7) is 4.24. The van der Waals surface area contributed by atoms with Crippen molar-refractivity contribution in [2.45, 2.75) is 20.3 Å². The van der Waals surface area contributed by atoms with E-state index in [2.05, 4.69) is 4.98 Å². The van der Waals surface area contributed by atoms with Crippen LogP contribution in [0, 0.1) is 6.92 Å². The molecule has 0 atom stereocenters. The summed E-state index contributed by atoms with van der Waals surface area (Å²) in [5.74, 6) is -0.389. The van der Waals surface area contributed by atoms with Crippen LogP contribution >= 0.6 is 0 Å². The fraction of sp³-hybridized carbons (Fsp3) is 0.286. The fourth-order valence-corrected chi connectivity index (χ4v) is 1.76. The molecule has 0 aliphatic heterocycles. The molecule has 0 spiro atoms. The number of aromatic nitrogens is 1. The zero-order chi connectivity index (χ0) is 13.1. The number of hydrogen-bond acceptors (Lipinski definition) is 4. The number of ether oxygens (including phenoxy) is 1. The summed E-state index contributed by atoms with van der Waals surface area (Å²) < 4.78 is 5.09.